The molecule has 0 aliphatic carbocycles. The van der Waals surface area contributed by atoms with Crippen molar-refractivity contribution in [1.82, 2.24) is 10.3 Å². The number of hydrogen-bond acceptors (Lipinski definition) is 4. The van der Waals surface area contributed by atoms with E-state index in [1.165, 1.54) is 19.2 Å². The molecule has 0 aliphatic heterocycles. The number of methoxy groups -OCH3 is 1. The number of aromatic nitrogens is 1. The van der Waals surface area contributed by atoms with Crippen molar-refractivity contribution in [3.8, 4) is 16.9 Å². The van der Waals surface area contributed by atoms with Gasteiger partial charge in [0.15, 0.2) is 11.6 Å². The number of carbonyl (C=O) groups excluding carboxylic acids is 1. The number of carbonyl (C=O) groups is 2. The summed E-state index contributed by atoms with van der Waals surface area (Å²) in [5.74, 6) is -3.27. The van der Waals surface area contributed by atoms with Crippen molar-refractivity contribution in [1.29, 1.82) is 0 Å². The van der Waals surface area contributed by atoms with Crippen LogP contribution in [0.4, 0.5) is 8.78 Å². The number of aliphatic carboxylic acids is 1. The predicted octanol–water partition coefficient (Wildman–Crippen LogP) is 6.30. The predicted molar refractivity (Wildman–Crippen MR) is 135 cm³/mol. The van der Waals surface area contributed by atoms with Gasteiger partial charge in [0.1, 0.15) is 12.3 Å². The summed E-state index contributed by atoms with van der Waals surface area (Å²) < 4.78 is 32.2. The van der Waals surface area contributed by atoms with Crippen LogP contribution in [0.15, 0.2) is 60.8 Å². The number of nitrogens with zero attached hydrogens (tertiary/aromatic N) is 1. The van der Waals surface area contributed by atoms with Crippen molar-refractivity contribution in [2.45, 2.75) is 6.92 Å². The summed E-state index contributed by atoms with van der Waals surface area (Å²) in [5, 5.41) is 11.8. The number of nitrogens with one attached hydrogen (secondary N) is 1. The standard InChI is InChI=1S/C17H13F2NO.C9H7Cl2NO3/c1-10-5-6-11(12-4-3-7-20-17(10)12)13-8-14(18)15(19)9-16(13)21-2;10-5-2-1-3-6(11)8(5)9(15)12-4-7(13)14/h3-9H,1-2H3;1-3H,4H2,(H,12,15)(H,13,14). The molecule has 0 unspecified atom stereocenters. The van der Waals surface area contributed by atoms with Gasteiger partial charge in [0.25, 0.3) is 5.91 Å². The van der Waals surface area contributed by atoms with Crippen molar-refractivity contribution in [3.63, 3.8) is 0 Å². The van der Waals surface area contributed by atoms with E-state index in [0.29, 0.717) is 11.3 Å². The van der Waals surface area contributed by atoms with Gasteiger partial charge in [0.2, 0.25) is 0 Å². The topological polar surface area (TPSA) is 88.5 Å². The fourth-order valence-electron chi connectivity index (χ4n) is 3.42. The minimum atomic E-state index is -1.13. The zero-order valence-electron chi connectivity index (χ0n) is 19.1. The summed E-state index contributed by atoms with van der Waals surface area (Å²) in [6.07, 6.45) is 1.71. The lowest BCUT2D eigenvalue weighted by Crippen LogP contribution is -2.29. The lowest BCUT2D eigenvalue weighted by atomic mass is 9.97. The SMILES string of the molecule is COc1cc(F)c(F)cc1-c1ccc(C)c2ncccc12.O=C(O)CNC(=O)c1c(Cl)cccc1Cl. The van der Waals surface area contributed by atoms with E-state index in [9.17, 15) is 18.4 Å². The molecule has 1 heterocycles. The number of pyridine rings is 1. The van der Waals surface area contributed by atoms with Gasteiger partial charge >= 0.3 is 5.97 Å². The summed E-state index contributed by atoms with van der Waals surface area (Å²) in [5.41, 5.74) is 3.22. The van der Waals surface area contributed by atoms with E-state index in [2.05, 4.69) is 10.3 Å². The molecule has 0 bridgehead atoms. The molecule has 0 spiro atoms. The number of carboxylic acid groups (broad SMARTS) is 1. The Bertz CT molecular complexity index is 1430. The zero-order valence-corrected chi connectivity index (χ0v) is 20.6. The fraction of sp³-hybridized carbons (Fsp3) is 0.115. The van der Waals surface area contributed by atoms with Crippen LogP contribution in [-0.4, -0.2) is 35.6 Å². The van der Waals surface area contributed by atoms with Gasteiger partial charge in [-0.1, -0.05) is 47.5 Å². The second kappa shape index (κ2) is 11.8. The van der Waals surface area contributed by atoms with Crippen molar-refractivity contribution in [3.05, 3.63) is 93.6 Å². The first-order valence-corrected chi connectivity index (χ1v) is 11.2. The van der Waals surface area contributed by atoms with Gasteiger partial charge < -0.3 is 15.2 Å². The minimum absolute atomic E-state index is 0.0853. The van der Waals surface area contributed by atoms with Crippen LogP contribution >= 0.6 is 23.2 Å². The maximum absolute atomic E-state index is 13.6. The first-order chi connectivity index (χ1) is 17.1. The molecule has 0 atom stereocenters. The molecule has 6 nitrogen and oxygen atoms in total. The Balaban J connectivity index is 0.000000214. The minimum Gasteiger partial charge on any atom is -0.496 e. The van der Waals surface area contributed by atoms with Crippen LogP contribution < -0.4 is 10.1 Å². The smallest absolute Gasteiger partial charge is 0.322 e. The molecule has 0 saturated carbocycles. The quantitative estimate of drug-likeness (QED) is 0.314. The third-order valence-corrected chi connectivity index (χ3v) is 5.72. The molecule has 0 radical (unpaired) electrons. The maximum atomic E-state index is 13.6. The van der Waals surface area contributed by atoms with E-state index in [1.54, 1.807) is 12.3 Å². The average Bonchev–Trinajstić information content (AvgIpc) is 2.85. The van der Waals surface area contributed by atoms with E-state index in [-0.39, 0.29) is 15.6 Å². The van der Waals surface area contributed by atoms with Crippen molar-refractivity contribution in [2.24, 2.45) is 0 Å². The summed E-state index contributed by atoms with van der Waals surface area (Å²) >= 11 is 11.5. The van der Waals surface area contributed by atoms with E-state index in [1.807, 2.05) is 31.2 Å². The second-order valence-corrected chi connectivity index (χ2v) is 8.28. The zero-order chi connectivity index (χ0) is 26.4. The second-order valence-electron chi connectivity index (χ2n) is 7.47. The van der Waals surface area contributed by atoms with Crippen LogP contribution in [0.1, 0.15) is 15.9 Å². The van der Waals surface area contributed by atoms with E-state index >= 15 is 0 Å². The fourth-order valence-corrected chi connectivity index (χ4v) is 3.98. The van der Waals surface area contributed by atoms with Gasteiger partial charge in [-0.15, -0.1) is 0 Å². The molecule has 36 heavy (non-hydrogen) atoms. The van der Waals surface area contributed by atoms with Gasteiger partial charge in [-0.2, -0.15) is 0 Å². The summed E-state index contributed by atoms with van der Waals surface area (Å²) in [7, 11) is 1.44. The molecular formula is C26H20Cl2F2N2O4. The number of aryl methyl sites for hydroxylation is 1. The molecule has 1 amide bonds. The number of ether oxygens (including phenoxy) is 1. The van der Waals surface area contributed by atoms with Gasteiger partial charge in [0, 0.05) is 23.2 Å². The molecule has 4 aromatic rings. The lowest BCUT2D eigenvalue weighted by molar-refractivity contribution is -0.135. The largest absolute Gasteiger partial charge is 0.496 e. The molecular weight excluding hydrogens is 513 g/mol. The molecule has 186 valence electrons. The first-order valence-electron chi connectivity index (χ1n) is 10.5. The number of amides is 1. The van der Waals surface area contributed by atoms with Crippen LogP contribution in [0, 0.1) is 18.6 Å². The van der Waals surface area contributed by atoms with Crippen LogP contribution in [0.25, 0.3) is 22.0 Å². The van der Waals surface area contributed by atoms with Gasteiger partial charge in [-0.05, 0) is 42.3 Å². The Morgan fingerprint density at radius 2 is 1.67 bits per heavy atom. The number of benzene rings is 3. The normalized spacial score (nSPS) is 10.4. The molecule has 2 N–H and O–H groups in total. The van der Waals surface area contributed by atoms with Crippen LogP contribution in [0.3, 0.4) is 0 Å². The van der Waals surface area contributed by atoms with E-state index in [0.717, 1.165) is 34.2 Å². The number of fused-ring (bicyclic) bond motifs is 1. The third kappa shape index (κ3) is 6.08. The monoisotopic (exact) mass is 532 g/mol. The van der Waals surface area contributed by atoms with Gasteiger partial charge in [0.05, 0.1) is 28.2 Å². The highest BCUT2D eigenvalue weighted by Crippen LogP contribution is 2.36. The van der Waals surface area contributed by atoms with E-state index in [4.69, 9.17) is 33.0 Å². The number of halogens is 4. The summed E-state index contributed by atoms with van der Waals surface area (Å²) in [6.45, 7) is 1.49. The number of rotatable bonds is 5. The molecule has 10 heteroatoms. The van der Waals surface area contributed by atoms with Crippen LogP contribution in [-0.2, 0) is 4.79 Å². The molecule has 0 saturated heterocycles. The highest BCUT2D eigenvalue weighted by Gasteiger charge is 2.16. The Morgan fingerprint density at radius 3 is 2.31 bits per heavy atom. The average molecular weight is 533 g/mol. The highest BCUT2D eigenvalue weighted by molar-refractivity contribution is 6.39. The Labute approximate surface area is 215 Å². The summed E-state index contributed by atoms with van der Waals surface area (Å²) in [4.78, 5) is 26.0. The molecule has 0 fully saturated rings. The van der Waals surface area contributed by atoms with E-state index < -0.39 is 30.1 Å². The highest BCUT2D eigenvalue weighted by atomic mass is 35.5. The van der Waals surface area contributed by atoms with Crippen molar-refractivity contribution in [2.75, 3.05) is 13.7 Å². The van der Waals surface area contributed by atoms with Gasteiger partial charge in [-0.3, -0.25) is 14.6 Å². The third-order valence-electron chi connectivity index (χ3n) is 5.09. The Kier molecular flexibility index (Phi) is 8.79. The van der Waals surface area contributed by atoms with Crippen molar-refractivity contribution >= 4 is 46.0 Å². The van der Waals surface area contributed by atoms with Crippen molar-refractivity contribution < 1.29 is 28.2 Å². The number of carboxylic acids is 1. The number of hydrogen-bond donors (Lipinski definition) is 2. The lowest BCUT2D eigenvalue weighted by Gasteiger charge is -2.12. The first kappa shape index (κ1) is 26.8. The molecule has 4 rings (SSSR count). The van der Waals surface area contributed by atoms with Gasteiger partial charge in [-0.25, -0.2) is 8.78 Å². The summed E-state index contributed by atoms with van der Waals surface area (Å²) in [6, 6.07) is 14.3. The molecule has 0 aliphatic rings. The Hall–Kier alpha value is -3.75. The Morgan fingerprint density at radius 1 is 1.00 bits per heavy atom. The molecule has 1 aromatic heterocycles. The van der Waals surface area contributed by atoms with Crippen LogP contribution in [0.2, 0.25) is 10.0 Å². The maximum Gasteiger partial charge on any atom is 0.322 e. The molecule has 3 aromatic carbocycles. The van der Waals surface area contributed by atoms with Crippen LogP contribution in [0.5, 0.6) is 5.75 Å².